The summed E-state index contributed by atoms with van der Waals surface area (Å²) in [5.74, 6) is 0.477. The van der Waals surface area contributed by atoms with Crippen LogP contribution in [-0.2, 0) is 0 Å². The Morgan fingerprint density at radius 2 is 2.24 bits per heavy atom. The van der Waals surface area contributed by atoms with Gasteiger partial charge < -0.3 is 10.2 Å². The lowest BCUT2D eigenvalue weighted by Gasteiger charge is -2.16. The van der Waals surface area contributed by atoms with Crippen LogP contribution in [-0.4, -0.2) is 30.6 Å². The van der Waals surface area contributed by atoms with Gasteiger partial charge in [0.1, 0.15) is 0 Å². The maximum Gasteiger partial charge on any atom is 0.317 e. The Labute approximate surface area is 102 Å². The Balaban J connectivity index is 1.91. The van der Waals surface area contributed by atoms with E-state index in [1.807, 2.05) is 11.0 Å². The first-order chi connectivity index (χ1) is 8.31. The van der Waals surface area contributed by atoms with E-state index in [-0.39, 0.29) is 6.03 Å². The van der Waals surface area contributed by atoms with E-state index < -0.39 is 0 Å². The van der Waals surface area contributed by atoms with Gasteiger partial charge in [-0.15, -0.1) is 6.58 Å². The number of nitrogens with zero attached hydrogens (tertiary/aromatic N) is 1. The molecular weight excluding hydrogens is 212 g/mol. The summed E-state index contributed by atoms with van der Waals surface area (Å²) in [4.78, 5) is 13.6. The Kier molecular flexibility index (Phi) is 3.81. The van der Waals surface area contributed by atoms with E-state index in [0.29, 0.717) is 12.5 Å². The second kappa shape index (κ2) is 5.53. The highest BCUT2D eigenvalue weighted by molar-refractivity contribution is 5.74. The summed E-state index contributed by atoms with van der Waals surface area (Å²) >= 11 is 0. The highest BCUT2D eigenvalue weighted by atomic mass is 16.2. The molecule has 1 aromatic rings. The van der Waals surface area contributed by atoms with Crippen LogP contribution >= 0.6 is 0 Å². The van der Waals surface area contributed by atoms with E-state index in [2.05, 4.69) is 36.2 Å². The molecule has 0 radical (unpaired) electrons. The Bertz CT molecular complexity index is 388. The monoisotopic (exact) mass is 230 g/mol. The molecule has 0 saturated carbocycles. The van der Waals surface area contributed by atoms with E-state index in [1.165, 1.54) is 5.56 Å². The lowest BCUT2D eigenvalue weighted by Crippen LogP contribution is -2.38. The number of hydrogen-bond acceptors (Lipinski definition) is 1. The van der Waals surface area contributed by atoms with Crippen LogP contribution in [0.1, 0.15) is 17.9 Å². The van der Waals surface area contributed by atoms with E-state index >= 15 is 0 Å². The topological polar surface area (TPSA) is 32.3 Å². The number of benzene rings is 1. The highest BCUT2D eigenvalue weighted by Crippen LogP contribution is 2.26. The number of likely N-dealkylation sites (tertiary alicyclic amines) is 1. The van der Waals surface area contributed by atoms with Crippen LogP contribution in [0.5, 0.6) is 0 Å². The number of urea groups is 1. The van der Waals surface area contributed by atoms with E-state index in [1.54, 1.807) is 6.08 Å². The number of rotatable bonds is 3. The number of nitrogens with one attached hydrogen (secondary N) is 1. The van der Waals surface area contributed by atoms with Gasteiger partial charge >= 0.3 is 6.03 Å². The average Bonchev–Trinajstić information content (AvgIpc) is 2.86. The summed E-state index contributed by atoms with van der Waals surface area (Å²) in [6.45, 7) is 5.77. The SMILES string of the molecule is C=CCNC(=O)N1CCC(c2ccccc2)C1. The third-order valence-corrected chi connectivity index (χ3v) is 3.14. The van der Waals surface area contributed by atoms with E-state index in [4.69, 9.17) is 0 Å². The molecule has 2 rings (SSSR count). The lowest BCUT2D eigenvalue weighted by molar-refractivity contribution is 0.209. The van der Waals surface area contributed by atoms with Gasteiger partial charge in [0, 0.05) is 25.6 Å². The standard InChI is InChI=1S/C14H18N2O/c1-2-9-15-14(17)16-10-8-13(11-16)12-6-4-3-5-7-12/h2-7,13H,1,8-11H2,(H,15,17). The van der Waals surface area contributed by atoms with Gasteiger partial charge in [0.25, 0.3) is 0 Å². The Hall–Kier alpha value is -1.77. The minimum Gasteiger partial charge on any atom is -0.335 e. The summed E-state index contributed by atoms with van der Waals surface area (Å²) < 4.78 is 0. The summed E-state index contributed by atoms with van der Waals surface area (Å²) in [6, 6.07) is 10.4. The molecule has 1 unspecified atom stereocenters. The highest BCUT2D eigenvalue weighted by Gasteiger charge is 2.26. The number of carbonyl (C=O) groups is 1. The molecule has 1 aromatic carbocycles. The zero-order valence-corrected chi connectivity index (χ0v) is 9.93. The van der Waals surface area contributed by atoms with Crippen LogP contribution in [0.4, 0.5) is 4.79 Å². The fraction of sp³-hybridized carbons (Fsp3) is 0.357. The van der Waals surface area contributed by atoms with Crippen LogP contribution < -0.4 is 5.32 Å². The van der Waals surface area contributed by atoms with Crippen molar-refractivity contribution in [2.75, 3.05) is 19.6 Å². The second-order valence-corrected chi connectivity index (χ2v) is 4.32. The summed E-state index contributed by atoms with van der Waals surface area (Å²) in [7, 11) is 0. The van der Waals surface area contributed by atoms with Gasteiger partial charge in [-0.25, -0.2) is 4.79 Å². The molecule has 1 fully saturated rings. The fourth-order valence-corrected chi connectivity index (χ4v) is 2.21. The summed E-state index contributed by atoms with van der Waals surface area (Å²) in [5, 5.41) is 2.82. The van der Waals surface area contributed by atoms with Crippen molar-refractivity contribution in [3.8, 4) is 0 Å². The fourth-order valence-electron chi connectivity index (χ4n) is 2.21. The van der Waals surface area contributed by atoms with Gasteiger partial charge in [0.15, 0.2) is 0 Å². The van der Waals surface area contributed by atoms with Crippen LogP contribution in [0.3, 0.4) is 0 Å². The smallest absolute Gasteiger partial charge is 0.317 e. The number of amides is 2. The van der Waals surface area contributed by atoms with Crippen molar-refractivity contribution in [3.63, 3.8) is 0 Å². The van der Waals surface area contributed by atoms with E-state index in [0.717, 1.165) is 19.5 Å². The third-order valence-electron chi connectivity index (χ3n) is 3.14. The Morgan fingerprint density at radius 3 is 2.94 bits per heavy atom. The first-order valence-corrected chi connectivity index (χ1v) is 6.00. The van der Waals surface area contributed by atoms with Gasteiger partial charge in [0.05, 0.1) is 0 Å². The van der Waals surface area contributed by atoms with Crippen molar-refractivity contribution in [1.29, 1.82) is 0 Å². The van der Waals surface area contributed by atoms with Crippen molar-refractivity contribution in [3.05, 3.63) is 48.6 Å². The molecule has 1 saturated heterocycles. The molecule has 2 amide bonds. The molecule has 1 N–H and O–H groups in total. The average molecular weight is 230 g/mol. The molecule has 17 heavy (non-hydrogen) atoms. The van der Waals surface area contributed by atoms with Crippen LogP contribution in [0, 0.1) is 0 Å². The molecule has 3 nitrogen and oxygen atoms in total. The maximum atomic E-state index is 11.7. The Morgan fingerprint density at radius 1 is 1.47 bits per heavy atom. The van der Waals surface area contributed by atoms with Crippen molar-refractivity contribution in [2.24, 2.45) is 0 Å². The molecule has 0 aromatic heterocycles. The zero-order chi connectivity index (χ0) is 12.1. The predicted octanol–water partition coefficient (Wildman–Crippen LogP) is 2.37. The molecule has 1 aliphatic rings. The third kappa shape index (κ3) is 2.87. The number of carbonyl (C=O) groups excluding carboxylic acids is 1. The van der Waals surface area contributed by atoms with Crippen molar-refractivity contribution in [2.45, 2.75) is 12.3 Å². The van der Waals surface area contributed by atoms with Gasteiger partial charge in [-0.3, -0.25) is 0 Å². The molecule has 1 aliphatic heterocycles. The first-order valence-electron chi connectivity index (χ1n) is 6.00. The normalized spacial score (nSPS) is 19.1. The largest absolute Gasteiger partial charge is 0.335 e. The van der Waals surface area contributed by atoms with Crippen molar-refractivity contribution < 1.29 is 4.79 Å². The minimum absolute atomic E-state index is 0.0170. The summed E-state index contributed by atoms with van der Waals surface area (Å²) in [5.41, 5.74) is 1.33. The second-order valence-electron chi connectivity index (χ2n) is 4.32. The molecule has 90 valence electrons. The van der Waals surface area contributed by atoms with Gasteiger partial charge in [0.2, 0.25) is 0 Å². The van der Waals surface area contributed by atoms with Crippen LogP contribution in [0.15, 0.2) is 43.0 Å². The van der Waals surface area contributed by atoms with Gasteiger partial charge in [-0.05, 0) is 12.0 Å². The molecule has 1 atom stereocenters. The zero-order valence-electron chi connectivity index (χ0n) is 9.93. The van der Waals surface area contributed by atoms with Gasteiger partial charge in [-0.2, -0.15) is 0 Å². The lowest BCUT2D eigenvalue weighted by atomic mass is 9.99. The molecule has 1 heterocycles. The molecule has 0 bridgehead atoms. The molecule has 0 spiro atoms. The van der Waals surface area contributed by atoms with Crippen molar-refractivity contribution >= 4 is 6.03 Å². The minimum atomic E-state index is 0.0170. The number of hydrogen-bond donors (Lipinski definition) is 1. The van der Waals surface area contributed by atoms with Crippen LogP contribution in [0.25, 0.3) is 0 Å². The predicted molar refractivity (Wildman–Crippen MR) is 69.0 cm³/mol. The summed E-state index contributed by atoms with van der Waals surface area (Å²) in [6.07, 6.45) is 2.74. The quantitative estimate of drug-likeness (QED) is 0.794. The van der Waals surface area contributed by atoms with Crippen LogP contribution in [0.2, 0.25) is 0 Å². The van der Waals surface area contributed by atoms with Gasteiger partial charge in [-0.1, -0.05) is 36.4 Å². The van der Waals surface area contributed by atoms with E-state index in [9.17, 15) is 4.79 Å². The first kappa shape index (κ1) is 11.7. The molecular formula is C14H18N2O. The maximum absolute atomic E-state index is 11.7. The molecule has 0 aliphatic carbocycles. The molecule has 3 heteroatoms. The van der Waals surface area contributed by atoms with Crippen molar-refractivity contribution in [1.82, 2.24) is 10.2 Å².